The summed E-state index contributed by atoms with van der Waals surface area (Å²) in [7, 11) is 4.79. The van der Waals surface area contributed by atoms with E-state index in [0.717, 1.165) is 11.1 Å². The molecule has 29 heavy (non-hydrogen) atoms. The van der Waals surface area contributed by atoms with Crippen molar-refractivity contribution in [3.8, 4) is 23.0 Å². The molecule has 1 N–H and O–H groups in total. The topological polar surface area (TPSA) is 61.8 Å². The molecular formula is C23H26N2O4. The molecule has 0 spiro atoms. The first kappa shape index (κ1) is 20.3. The summed E-state index contributed by atoms with van der Waals surface area (Å²) in [6.07, 6.45) is 1.64. The first-order valence-electron chi connectivity index (χ1n) is 9.35. The maximum atomic E-state index is 6.15. The highest BCUT2D eigenvalue weighted by molar-refractivity contribution is 5.55. The predicted octanol–water partition coefficient (Wildman–Crippen LogP) is 4.86. The minimum Gasteiger partial charge on any atom is -0.493 e. The third kappa shape index (κ3) is 4.90. The number of hydrogen-bond donors (Lipinski definition) is 1. The van der Waals surface area contributed by atoms with Crippen LogP contribution < -0.4 is 24.3 Å². The summed E-state index contributed by atoms with van der Waals surface area (Å²) in [5, 5.41) is 3.34. The molecule has 1 heterocycles. The number of anilines is 1. The van der Waals surface area contributed by atoms with Crippen LogP contribution in [0.25, 0.3) is 0 Å². The van der Waals surface area contributed by atoms with Crippen LogP contribution in [-0.2, 0) is 6.54 Å². The van der Waals surface area contributed by atoms with Crippen molar-refractivity contribution in [2.45, 2.75) is 19.6 Å². The van der Waals surface area contributed by atoms with Gasteiger partial charge in [-0.15, -0.1) is 0 Å². The Balaban J connectivity index is 1.76. The fourth-order valence-corrected chi connectivity index (χ4v) is 3.02. The summed E-state index contributed by atoms with van der Waals surface area (Å²) in [6, 6.07) is 17.7. The van der Waals surface area contributed by atoms with Crippen LogP contribution in [-0.4, -0.2) is 26.3 Å². The van der Waals surface area contributed by atoms with Crippen LogP contribution in [0.1, 0.15) is 24.2 Å². The second kappa shape index (κ2) is 9.68. The van der Waals surface area contributed by atoms with Crippen molar-refractivity contribution in [2.24, 2.45) is 0 Å². The van der Waals surface area contributed by atoms with Crippen LogP contribution in [0, 0.1) is 0 Å². The monoisotopic (exact) mass is 394 g/mol. The summed E-state index contributed by atoms with van der Waals surface area (Å²) in [5.74, 6) is 3.15. The smallest absolute Gasteiger partial charge is 0.203 e. The lowest BCUT2D eigenvalue weighted by molar-refractivity contribution is 0.227. The van der Waals surface area contributed by atoms with Crippen molar-refractivity contribution in [1.82, 2.24) is 4.98 Å². The number of benzene rings is 2. The van der Waals surface area contributed by atoms with Crippen LogP contribution in [0.3, 0.4) is 0 Å². The van der Waals surface area contributed by atoms with Crippen molar-refractivity contribution in [3.63, 3.8) is 0 Å². The molecule has 1 atom stereocenters. The number of methoxy groups -OCH3 is 3. The Morgan fingerprint density at radius 2 is 1.55 bits per heavy atom. The van der Waals surface area contributed by atoms with E-state index >= 15 is 0 Å². The van der Waals surface area contributed by atoms with Crippen LogP contribution in [0.15, 0.2) is 60.8 Å². The number of hydrogen-bond acceptors (Lipinski definition) is 6. The molecule has 0 bridgehead atoms. The molecule has 0 saturated carbocycles. The molecule has 0 amide bonds. The Hall–Kier alpha value is -3.41. The minimum absolute atomic E-state index is 0.0953. The minimum atomic E-state index is -0.0953. The molecule has 3 aromatic rings. The van der Waals surface area contributed by atoms with Crippen LogP contribution in [0.4, 0.5) is 5.82 Å². The number of aromatic nitrogens is 1. The zero-order valence-electron chi connectivity index (χ0n) is 17.1. The van der Waals surface area contributed by atoms with Crippen molar-refractivity contribution in [1.29, 1.82) is 0 Å². The highest BCUT2D eigenvalue weighted by Crippen LogP contribution is 2.38. The fourth-order valence-electron chi connectivity index (χ4n) is 3.02. The van der Waals surface area contributed by atoms with Crippen molar-refractivity contribution >= 4 is 5.82 Å². The van der Waals surface area contributed by atoms with Gasteiger partial charge in [-0.2, -0.15) is 0 Å². The van der Waals surface area contributed by atoms with Crippen molar-refractivity contribution in [2.75, 3.05) is 26.6 Å². The number of ether oxygens (including phenoxy) is 4. The summed E-state index contributed by atoms with van der Waals surface area (Å²) in [5.41, 5.74) is 2.07. The van der Waals surface area contributed by atoms with Gasteiger partial charge in [0.1, 0.15) is 6.10 Å². The van der Waals surface area contributed by atoms with E-state index in [1.165, 1.54) is 0 Å². The van der Waals surface area contributed by atoms with Gasteiger partial charge < -0.3 is 24.3 Å². The molecular weight excluding hydrogens is 368 g/mol. The van der Waals surface area contributed by atoms with Gasteiger partial charge in [0.25, 0.3) is 0 Å². The third-order valence-corrected chi connectivity index (χ3v) is 4.53. The van der Waals surface area contributed by atoms with E-state index < -0.39 is 0 Å². The molecule has 0 aliphatic heterocycles. The molecule has 0 fully saturated rings. The maximum absolute atomic E-state index is 6.15. The van der Waals surface area contributed by atoms with Gasteiger partial charge in [-0.05, 0) is 42.3 Å². The number of pyridine rings is 1. The SMILES string of the molecule is COc1cc(CNc2ncccc2OC(C)c2ccccc2)cc(OC)c1OC. The van der Waals surface area contributed by atoms with Gasteiger partial charge in [0.15, 0.2) is 23.1 Å². The first-order valence-corrected chi connectivity index (χ1v) is 9.35. The largest absolute Gasteiger partial charge is 0.493 e. The number of nitrogens with one attached hydrogen (secondary N) is 1. The van der Waals surface area contributed by atoms with Crippen LogP contribution in [0.5, 0.6) is 23.0 Å². The zero-order chi connectivity index (χ0) is 20.6. The molecule has 0 aliphatic rings. The van der Waals surface area contributed by atoms with E-state index in [2.05, 4.69) is 10.3 Å². The Morgan fingerprint density at radius 1 is 0.862 bits per heavy atom. The molecule has 6 heteroatoms. The molecule has 1 aromatic heterocycles. The summed E-state index contributed by atoms with van der Waals surface area (Å²) in [6.45, 7) is 2.54. The van der Waals surface area contributed by atoms with E-state index in [-0.39, 0.29) is 6.10 Å². The van der Waals surface area contributed by atoms with Gasteiger partial charge in [-0.25, -0.2) is 4.98 Å². The van der Waals surface area contributed by atoms with Crippen molar-refractivity contribution in [3.05, 3.63) is 71.9 Å². The lowest BCUT2D eigenvalue weighted by atomic mass is 10.1. The average molecular weight is 394 g/mol. The molecule has 2 aromatic carbocycles. The van der Waals surface area contributed by atoms with Crippen LogP contribution in [0.2, 0.25) is 0 Å². The van der Waals surface area contributed by atoms with E-state index in [1.54, 1.807) is 27.5 Å². The van der Waals surface area contributed by atoms with Crippen LogP contribution >= 0.6 is 0 Å². The Bertz CT molecular complexity index is 906. The Kier molecular flexibility index (Phi) is 6.79. The highest BCUT2D eigenvalue weighted by atomic mass is 16.5. The first-order chi connectivity index (χ1) is 14.2. The van der Waals surface area contributed by atoms with E-state index in [1.807, 2.05) is 61.5 Å². The molecule has 6 nitrogen and oxygen atoms in total. The number of nitrogens with zero attached hydrogens (tertiary/aromatic N) is 1. The summed E-state index contributed by atoms with van der Waals surface area (Å²) >= 11 is 0. The summed E-state index contributed by atoms with van der Waals surface area (Å²) in [4.78, 5) is 4.44. The normalized spacial score (nSPS) is 11.4. The van der Waals surface area contributed by atoms with E-state index in [9.17, 15) is 0 Å². The quantitative estimate of drug-likeness (QED) is 0.559. The van der Waals surface area contributed by atoms with E-state index in [4.69, 9.17) is 18.9 Å². The lowest BCUT2D eigenvalue weighted by Crippen LogP contribution is -2.08. The Morgan fingerprint density at radius 3 is 2.17 bits per heavy atom. The second-order valence-corrected chi connectivity index (χ2v) is 6.41. The fraction of sp³-hybridized carbons (Fsp3) is 0.261. The molecule has 3 rings (SSSR count). The standard InChI is InChI=1S/C23H26N2O4/c1-16(18-9-6-5-7-10-18)29-19-11-8-12-24-23(19)25-15-17-13-20(26-2)22(28-4)21(14-17)27-3/h5-14,16H,15H2,1-4H3,(H,24,25). The second-order valence-electron chi connectivity index (χ2n) is 6.41. The van der Waals surface area contributed by atoms with Gasteiger partial charge in [-0.1, -0.05) is 30.3 Å². The number of rotatable bonds is 9. The lowest BCUT2D eigenvalue weighted by Gasteiger charge is -2.18. The van der Waals surface area contributed by atoms with Gasteiger partial charge in [0.05, 0.1) is 21.3 Å². The molecule has 0 radical (unpaired) electrons. The molecule has 0 aliphatic carbocycles. The molecule has 1 unspecified atom stereocenters. The Labute approximate surface area is 171 Å². The average Bonchev–Trinajstić information content (AvgIpc) is 2.78. The third-order valence-electron chi connectivity index (χ3n) is 4.53. The molecule has 152 valence electrons. The van der Waals surface area contributed by atoms with Gasteiger partial charge in [0, 0.05) is 12.7 Å². The van der Waals surface area contributed by atoms with E-state index in [0.29, 0.717) is 35.4 Å². The highest BCUT2D eigenvalue weighted by Gasteiger charge is 2.14. The predicted molar refractivity (Wildman–Crippen MR) is 113 cm³/mol. The van der Waals surface area contributed by atoms with Gasteiger partial charge >= 0.3 is 0 Å². The zero-order valence-corrected chi connectivity index (χ0v) is 17.1. The maximum Gasteiger partial charge on any atom is 0.203 e. The van der Waals surface area contributed by atoms with Crippen molar-refractivity contribution < 1.29 is 18.9 Å². The molecule has 0 saturated heterocycles. The van der Waals surface area contributed by atoms with Gasteiger partial charge in [-0.3, -0.25) is 0 Å². The van der Waals surface area contributed by atoms with Gasteiger partial charge in [0.2, 0.25) is 5.75 Å². The summed E-state index contributed by atoms with van der Waals surface area (Å²) < 4.78 is 22.4.